The topological polar surface area (TPSA) is 18.5 Å². The largest absolute Gasteiger partial charge is 0.429 e. The van der Waals surface area contributed by atoms with Gasteiger partial charge in [0.15, 0.2) is 17.4 Å². The van der Waals surface area contributed by atoms with Crippen LogP contribution in [0.3, 0.4) is 0 Å². The van der Waals surface area contributed by atoms with Crippen LogP contribution in [-0.4, -0.2) is 12.7 Å². The summed E-state index contributed by atoms with van der Waals surface area (Å²) in [6, 6.07) is 7.97. The molecule has 0 fully saturated rings. The van der Waals surface area contributed by atoms with Crippen LogP contribution in [0, 0.1) is 11.6 Å². The van der Waals surface area contributed by atoms with E-state index in [1.54, 1.807) is 12.1 Å². The van der Waals surface area contributed by atoms with Crippen molar-refractivity contribution >= 4 is 0 Å². The van der Waals surface area contributed by atoms with Crippen LogP contribution in [0.15, 0.2) is 36.4 Å². The second-order valence-corrected chi connectivity index (χ2v) is 5.94. The molecule has 0 saturated carbocycles. The maximum Gasteiger partial charge on any atom is 0.387 e. The molecule has 0 amide bonds. The molecule has 2 rings (SSSR count). The fourth-order valence-electron chi connectivity index (χ4n) is 2.48. The minimum Gasteiger partial charge on any atom is -0.429 e. The Morgan fingerprint density at radius 2 is 1.48 bits per heavy atom. The molecular formula is C19H18F6O2. The van der Waals surface area contributed by atoms with Crippen LogP contribution in [0.2, 0.25) is 0 Å². The van der Waals surface area contributed by atoms with Gasteiger partial charge in [0.25, 0.3) is 0 Å². The van der Waals surface area contributed by atoms with Crippen LogP contribution < -0.4 is 4.74 Å². The van der Waals surface area contributed by atoms with Crippen molar-refractivity contribution in [1.82, 2.24) is 0 Å². The number of hydrogen-bond donors (Lipinski definition) is 0. The van der Waals surface area contributed by atoms with Gasteiger partial charge >= 0.3 is 12.7 Å². The van der Waals surface area contributed by atoms with Crippen molar-refractivity contribution in [2.45, 2.75) is 45.5 Å². The number of rotatable bonds is 9. The van der Waals surface area contributed by atoms with Gasteiger partial charge in [0.2, 0.25) is 0 Å². The lowest BCUT2D eigenvalue weighted by molar-refractivity contribution is -0.244. The highest BCUT2D eigenvalue weighted by Crippen LogP contribution is 2.29. The van der Waals surface area contributed by atoms with Crippen molar-refractivity contribution in [3.05, 3.63) is 64.7 Å². The van der Waals surface area contributed by atoms with E-state index < -0.39 is 48.7 Å². The van der Waals surface area contributed by atoms with Gasteiger partial charge in [0.05, 0.1) is 13.0 Å². The molecule has 8 heteroatoms. The SMILES string of the molecule is CCCc1ccc(COC(F)(F)Cc2cc(F)c(OC(F)F)c(F)c2)cc1. The summed E-state index contributed by atoms with van der Waals surface area (Å²) in [5, 5.41) is 0. The van der Waals surface area contributed by atoms with Gasteiger partial charge in [-0.2, -0.15) is 17.6 Å². The quantitative estimate of drug-likeness (QED) is 0.497. The molecule has 148 valence electrons. The lowest BCUT2D eigenvalue weighted by Crippen LogP contribution is -2.24. The molecule has 27 heavy (non-hydrogen) atoms. The third-order valence-electron chi connectivity index (χ3n) is 3.69. The van der Waals surface area contributed by atoms with Crippen molar-refractivity contribution in [2.24, 2.45) is 0 Å². The Morgan fingerprint density at radius 3 is 2.00 bits per heavy atom. The molecule has 0 aliphatic rings. The highest BCUT2D eigenvalue weighted by molar-refractivity contribution is 5.32. The van der Waals surface area contributed by atoms with E-state index in [1.807, 2.05) is 19.1 Å². The van der Waals surface area contributed by atoms with Crippen molar-refractivity contribution in [1.29, 1.82) is 0 Å². The molecule has 0 aliphatic carbocycles. The molecule has 2 aromatic carbocycles. The minimum atomic E-state index is -3.70. The zero-order valence-electron chi connectivity index (χ0n) is 14.5. The van der Waals surface area contributed by atoms with Crippen LogP contribution in [-0.2, 0) is 24.2 Å². The van der Waals surface area contributed by atoms with E-state index >= 15 is 0 Å². The number of halogens is 6. The van der Waals surface area contributed by atoms with Crippen LogP contribution >= 0.6 is 0 Å². The molecule has 0 unspecified atom stereocenters. The zero-order valence-corrected chi connectivity index (χ0v) is 14.5. The number of hydrogen-bond acceptors (Lipinski definition) is 2. The molecule has 0 aliphatic heterocycles. The monoisotopic (exact) mass is 392 g/mol. The first-order chi connectivity index (χ1) is 12.7. The first kappa shape index (κ1) is 21.1. The van der Waals surface area contributed by atoms with Gasteiger partial charge < -0.3 is 9.47 Å². The number of aryl methyl sites for hydroxylation is 1. The summed E-state index contributed by atoms with van der Waals surface area (Å²) in [5.74, 6) is -4.30. The first-order valence-electron chi connectivity index (χ1n) is 8.22. The molecule has 0 saturated heterocycles. The predicted molar refractivity (Wildman–Crippen MR) is 86.9 cm³/mol. The van der Waals surface area contributed by atoms with Gasteiger partial charge in [-0.1, -0.05) is 37.6 Å². The van der Waals surface area contributed by atoms with Crippen molar-refractivity contribution in [3.8, 4) is 5.75 Å². The van der Waals surface area contributed by atoms with Crippen LogP contribution in [0.25, 0.3) is 0 Å². The van der Waals surface area contributed by atoms with Crippen molar-refractivity contribution < 1.29 is 35.8 Å². The van der Waals surface area contributed by atoms with Gasteiger partial charge in [-0.15, -0.1) is 0 Å². The highest BCUT2D eigenvalue weighted by Gasteiger charge is 2.31. The maximum absolute atomic E-state index is 14.0. The summed E-state index contributed by atoms with van der Waals surface area (Å²) in [6.07, 6.45) is -2.99. The molecule has 0 atom stereocenters. The summed E-state index contributed by atoms with van der Waals surface area (Å²) in [7, 11) is 0. The maximum atomic E-state index is 14.0. The molecule has 0 aromatic heterocycles. The molecular weight excluding hydrogens is 374 g/mol. The number of alkyl halides is 4. The van der Waals surface area contributed by atoms with Crippen LogP contribution in [0.1, 0.15) is 30.0 Å². The normalized spacial score (nSPS) is 11.9. The van der Waals surface area contributed by atoms with E-state index in [0.717, 1.165) is 18.4 Å². The Bertz CT molecular complexity index is 723. The molecule has 0 spiro atoms. The van der Waals surface area contributed by atoms with Gasteiger partial charge in [0, 0.05) is 0 Å². The van der Waals surface area contributed by atoms with E-state index in [9.17, 15) is 26.3 Å². The van der Waals surface area contributed by atoms with Gasteiger partial charge in [-0.05, 0) is 35.2 Å². The lowest BCUT2D eigenvalue weighted by Gasteiger charge is -2.18. The summed E-state index contributed by atoms with van der Waals surface area (Å²) < 4.78 is 87.6. The molecule has 0 N–H and O–H groups in total. The Balaban J connectivity index is 2.00. The average Bonchev–Trinajstić information content (AvgIpc) is 2.57. The number of ether oxygens (including phenoxy) is 2. The van der Waals surface area contributed by atoms with Gasteiger partial charge in [-0.3, -0.25) is 0 Å². The van der Waals surface area contributed by atoms with E-state index in [4.69, 9.17) is 0 Å². The Kier molecular flexibility index (Phi) is 7.12. The Hall–Kier alpha value is -2.22. The second kappa shape index (κ2) is 9.12. The fourth-order valence-corrected chi connectivity index (χ4v) is 2.48. The predicted octanol–water partition coefficient (Wildman–Crippen LogP) is 5.87. The lowest BCUT2D eigenvalue weighted by atomic mass is 10.1. The third-order valence-corrected chi connectivity index (χ3v) is 3.69. The number of benzene rings is 2. The summed E-state index contributed by atoms with van der Waals surface area (Å²) in [6.45, 7) is -1.81. The standard InChI is InChI=1S/C19H18F6O2/c1-2-3-12-4-6-13(7-5-12)11-26-19(24,25)10-14-8-15(20)17(16(21)9-14)27-18(22)23/h4-9,18H,2-3,10-11H2,1H3. The van der Waals surface area contributed by atoms with Crippen molar-refractivity contribution in [2.75, 3.05) is 0 Å². The summed E-state index contributed by atoms with van der Waals surface area (Å²) in [5.41, 5.74) is 1.15. The van der Waals surface area contributed by atoms with E-state index in [1.165, 1.54) is 0 Å². The zero-order chi connectivity index (χ0) is 20.0. The second-order valence-electron chi connectivity index (χ2n) is 5.94. The van der Waals surface area contributed by atoms with Crippen LogP contribution in [0.5, 0.6) is 5.75 Å². The Labute approximate surface area is 152 Å². The van der Waals surface area contributed by atoms with E-state index in [0.29, 0.717) is 17.7 Å². The van der Waals surface area contributed by atoms with E-state index in [-0.39, 0.29) is 0 Å². The molecule has 0 radical (unpaired) electrons. The van der Waals surface area contributed by atoms with Crippen molar-refractivity contribution in [3.63, 3.8) is 0 Å². The van der Waals surface area contributed by atoms with Gasteiger partial charge in [-0.25, -0.2) is 8.78 Å². The third kappa shape index (κ3) is 6.46. The first-order valence-corrected chi connectivity index (χ1v) is 8.22. The van der Waals surface area contributed by atoms with E-state index in [2.05, 4.69) is 9.47 Å². The van der Waals surface area contributed by atoms with Crippen LogP contribution in [0.4, 0.5) is 26.3 Å². The summed E-state index contributed by atoms with van der Waals surface area (Å²) >= 11 is 0. The molecule has 0 heterocycles. The minimum absolute atomic E-state index is 0.392. The highest BCUT2D eigenvalue weighted by atomic mass is 19.3. The fraction of sp³-hybridized carbons (Fsp3) is 0.368. The van der Waals surface area contributed by atoms with Gasteiger partial charge in [0.1, 0.15) is 0 Å². The smallest absolute Gasteiger partial charge is 0.387 e. The molecule has 0 bridgehead atoms. The Morgan fingerprint density at radius 1 is 0.926 bits per heavy atom. The molecule has 2 aromatic rings. The summed E-state index contributed by atoms with van der Waals surface area (Å²) in [4.78, 5) is 0. The average molecular weight is 392 g/mol. The molecule has 2 nitrogen and oxygen atoms in total.